The van der Waals surface area contributed by atoms with Crippen LogP contribution in [-0.2, 0) is 0 Å². The third-order valence-electron chi connectivity index (χ3n) is 1.44. The number of H-pyrrole nitrogens is 1. The van der Waals surface area contributed by atoms with Crippen molar-refractivity contribution in [1.29, 1.82) is 0 Å². The first kappa shape index (κ1) is 9.05. The number of aromatic nitrogens is 2. The Morgan fingerprint density at radius 3 is 2.50 bits per heavy atom. The molecule has 1 heterocycles. The first-order chi connectivity index (χ1) is 5.43. The Bertz CT molecular complexity index is 268. The van der Waals surface area contributed by atoms with Gasteiger partial charge in [0.2, 0.25) is 0 Å². The number of aromatic amines is 1. The van der Waals surface area contributed by atoms with Crippen molar-refractivity contribution in [2.24, 2.45) is 0 Å². The number of aliphatic hydroxyl groups is 1. The van der Waals surface area contributed by atoms with Crippen molar-refractivity contribution in [2.45, 2.75) is 19.2 Å². The van der Waals surface area contributed by atoms with Crippen LogP contribution in [0.4, 0.5) is 13.2 Å². The van der Waals surface area contributed by atoms with Gasteiger partial charge in [0.15, 0.2) is 6.10 Å². The molecular weight excluding hydrogens is 173 g/mol. The highest BCUT2D eigenvalue weighted by Crippen LogP contribution is 2.32. The standard InChI is InChI=1S/C6H7F3N2O/c1-3-4(11-2-10-3)5(12)6(7,8)9/h2,5,12H,1H3,(H,10,11)/t5-/m1/s1. The van der Waals surface area contributed by atoms with Crippen LogP contribution < -0.4 is 0 Å². The molecule has 0 aliphatic rings. The SMILES string of the molecule is Cc1[nH]cnc1[C@@H](O)C(F)(F)F. The molecule has 0 bridgehead atoms. The number of hydrogen-bond donors (Lipinski definition) is 2. The first-order valence-corrected chi connectivity index (χ1v) is 3.17. The van der Waals surface area contributed by atoms with Crippen LogP contribution in [0.25, 0.3) is 0 Å². The van der Waals surface area contributed by atoms with Crippen LogP contribution >= 0.6 is 0 Å². The summed E-state index contributed by atoms with van der Waals surface area (Å²) < 4.78 is 35.7. The molecule has 12 heavy (non-hydrogen) atoms. The first-order valence-electron chi connectivity index (χ1n) is 3.17. The molecule has 1 aromatic rings. The van der Waals surface area contributed by atoms with E-state index >= 15 is 0 Å². The minimum Gasteiger partial charge on any atom is -0.378 e. The van der Waals surface area contributed by atoms with E-state index in [1.807, 2.05) is 0 Å². The summed E-state index contributed by atoms with van der Waals surface area (Å²) in [6, 6.07) is 0. The van der Waals surface area contributed by atoms with Gasteiger partial charge in [-0.25, -0.2) is 4.98 Å². The molecule has 0 saturated carbocycles. The molecule has 0 aliphatic carbocycles. The van der Waals surface area contributed by atoms with Crippen LogP contribution in [0.5, 0.6) is 0 Å². The number of hydrogen-bond acceptors (Lipinski definition) is 2. The number of alkyl halides is 3. The van der Waals surface area contributed by atoms with E-state index in [1.165, 1.54) is 6.92 Å². The van der Waals surface area contributed by atoms with Crippen LogP contribution in [-0.4, -0.2) is 21.3 Å². The fourth-order valence-corrected chi connectivity index (χ4v) is 0.800. The van der Waals surface area contributed by atoms with E-state index in [1.54, 1.807) is 0 Å². The summed E-state index contributed by atoms with van der Waals surface area (Å²) in [5.74, 6) is 0. The third kappa shape index (κ3) is 1.58. The zero-order valence-corrected chi connectivity index (χ0v) is 6.18. The van der Waals surface area contributed by atoms with Gasteiger partial charge in [-0.05, 0) is 6.92 Å². The molecule has 0 aromatic carbocycles. The predicted octanol–water partition coefficient (Wildman–Crippen LogP) is 1.31. The van der Waals surface area contributed by atoms with E-state index in [2.05, 4.69) is 9.97 Å². The van der Waals surface area contributed by atoms with Gasteiger partial charge in [0.25, 0.3) is 0 Å². The highest BCUT2D eigenvalue weighted by atomic mass is 19.4. The van der Waals surface area contributed by atoms with Gasteiger partial charge < -0.3 is 10.1 Å². The van der Waals surface area contributed by atoms with Gasteiger partial charge in [0.1, 0.15) is 0 Å². The van der Waals surface area contributed by atoms with Crippen LogP contribution in [0.3, 0.4) is 0 Å². The number of aliphatic hydroxyl groups excluding tert-OH is 1. The Labute approximate surface area is 66.2 Å². The lowest BCUT2D eigenvalue weighted by atomic mass is 10.2. The lowest BCUT2D eigenvalue weighted by Crippen LogP contribution is -2.21. The lowest BCUT2D eigenvalue weighted by Gasteiger charge is -2.12. The largest absolute Gasteiger partial charge is 0.420 e. The maximum atomic E-state index is 11.9. The zero-order chi connectivity index (χ0) is 9.35. The summed E-state index contributed by atoms with van der Waals surface area (Å²) in [5.41, 5.74) is -0.151. The molecule has 0 aliphatic heterocycles. The van der Waals surface area contributed by atoms with Crippen LogP contribution in [0, 0.1) is 6.92 Å². The molecule has 1 rings (SSSR count). The Morgan fingerprint density at radius 2 is 2.17 bits per heavy atom. The maximum absolute atomic E-state index is 11.9. The number of nitrogens with zero attached hydrogens (tertiary/aromatic N) is 1. The van der Waals surface area contributed by atoms with Gasteiger partial charge in [-0.1, -0.05) is 0 Å². The molecule has 1 atom stereocenters. The van der Waals surface area contributed by atoms with Crippen molar-refractivity contribution in [3.8, 4) is 0 Å². The van der Waals surface area contributed by atoms with Gasteiger partial charge in [-0.2, -0.15) is 13.2 Å². The Kier molecular flexibility index (Phi) is 2.10. The summed E-state index contributed by atoms with van der Waals surface area (Å²) in [6.07, 6.45) is -6.04. The van der Waals surface area contributed by atoms with Crippen molar-refractivity contribution in [2.75, 3.05) is 0 Å². The molecule has 0 fully saturated rings. The van der Waals surface area contributed by atoms with Crippen LogP contribution in [0.1, 0.15) is 17.5 Å². The summed E-state index contributed by atoms with van der Waals surface area (Å²) in [6.45, 7) is 1.41. The van der Waals surface area contributed by atoms with Crippen molar-refractivity contribution >= 4 is 0 Å². The Hall–Kier alpha value is -1.04. The molecule has 68 valence electrons. The minimum absolute atomic E-state index is 0.222. The van der Waals surface area contributed by atoms with E-state index in [9.17, 15) is 13.2 Å². The Morgan fingerprint density at radius 1 is 1.58 bits per heavy atom. The molecule has 1 aromatic heterocycles. The molecule has 0 saturated heterocycles. The van der Waals surface area contributed by atoms with Crippen LogP contribution in [0.2, 0.25) is 0 Å². The van der Waals surface area contributed by atoms with Gasteiger partial charge >= 0.3 is 6.18 Å². The van der Waals surface area contributed by atoms with Crippen molar-refractivity contribution in [3.63, 3.8) is 0 Å². The van der Waals surface area contributed by atoms with E-state index in [4.69, 9.17) is 5.11 Å². The fraction of sp³-hybridized carbons (Fsp3) is 0.500. The fourth-order valence-electron chi connectivity index (χ4n) is 0.800. The summed E-state index contributed by atoms with van der Waals surface area (Å²) in [7, 11) is 0. The minimum atomic E-state index is -4.65. The van der Waals surface area contributed by atoms with Gasteiger partial charge in [0.05, 0.1) is 12.0 Å². The highest BCUT2D eigenvalue weighted by Gasteiger charge is 2.41. The highest BCUT2D eigenvalue weighted by molar-refractivity contribution is 5.13. The molecular formula is C6H7F3N2O. The van der Waals surface area contributed by atoms with Gasteiger partial charge in [-0.15, -0.1) is 0 Å². The maximum Gasteiger partial charge on any atom is 0.420 e. The average molecular weight is 180 g/mol. The van der Waals surface area contributed by atoms with E-state index < -0.39 is 12.3 Å². The quantitative estimate of drug-likeness (QED) is 0.684. The van der Waals surface area contributed by atoms with Crippen molar-refractivity contribution in [1.82, 2.24) is 9.97 Å². The molecule has 0 radical (unpaired) electrons. The topological polar surface area (TPSA) is 48.9 Å². The summed E-state index contributed by atoms with van der Waals surface area (Å²) >= 11 is 0. The second-order valence-electron chi connectivity index (χ2n) is 2.36. The van der Waals surface area contributed by atoms with Gasteiger partial charge in [-0.3, -0.25) is 0 Å². The lowest BCUT2D eigenvalue weighted by molar-refractivity contribution is -0.208. The van der Waals surface area contributed by atoms with Crippen molar-refractivity contribution < 1.29 is 18.3 Å². The molecule has 0 unspecified atom stereocenters. The predicted molar refractivity (Wildman–Crippen MR) is 34.3 cm³/mol. The van der Waals surface area contributed by atoms with Crippen molar-refractivity contribution in [3.05, 3.63) is 17.7 Å². The monoisotopic (exact) mass is 180 g/mol. The Balaban J connectivity index is 2.92. The molecule has 2 N–H and O–H groups in total. The molecule has 0 amide bonds. The molecule has 0 spiro atoms. The molecule has 6 heteroatoms. The number of nitrogens with one attached hydrogen (secondary N) is 1. The van der Waals surface area contributed by atoms with E-state index in [-0.39, 0.29) is 11.4 Å². The van der Waals surface area contributed by atoms with E-state index in [0.717, 1.165) is 6.33 Å². The third-order valence-corrected chi connectivity index (χ3v) is 1.44. The molecule has 3 nitrogen and oxygen atoms in total. The van der Waals surface area contributed by atoms with E-state index in [0.29, 0.717) is 0 Å². The smallest absolute Gasteiger partial charge is 0.378 e. The number of halogens is 3. The second-order valence-corrected chi connectivity index (χ2v) is 2.36. The zero-order valence-electron chi connectivity index (χ0n) is 6.18. The normalized spacial score (nSPS) is 14.8. The van der Waals surface area contributed by atoms with Crippen LogP contribution in [0.15, 0.2) is 6.33 Å². The van der Waals surface area contributed by atoms with Gasteiger partial charge in [0, 0.05) is 5.69 Å². The number of aryl methyl sites for hydroxylation is 1. The summed E-state index contributed by atoms with van der Waals surface area (Å²) in [4.78, 5) is 5.81. The number of imidazole rings is 1. The number of rotatable bonds is 1. The summed E-state index contributed by atoms with van der Waals surface area (Å²) in [5, 5.41) is 8.72. The second kappa shape index (κ2) is 2.78. The average Bonchev–Trinajstić information content (AvgIpc) is 2.31.